The Labute approximate surface area is 129 Å². The van der Waals surface area contributed by atoms with E-state index in [9.17, 15) is 9.59 Å². The Morgan fingerprint density at radius 1 is 1.05 bits per heavy atom. The van der Waals surface area contributed by atoms with E-state index < -0.39 is 0 Å². The highest BCUT2D eigenvalue weighted by Gasteiger charge is 2.19. The highest BCUT2D eigenvalue weighted by Crippen LogP contribution is 2.25. The Morgan fingerprint density at radius 2 is 1.67 bits per heavy atom. The summed E-state index contributed by atoms with van der Waals surface area (Å²) in [6, 6.07) is 12.1. The largest absolute Gasteiger partial charge is 0.298 e. The Morgan fingerprint density at radius 3 is 2.19 bits per heavy atom. The lowest BCUT2D eigenvalue weighted by Crippen LogP contribution is -2.14. The van der Waals surface area contributed by atoms with Gasteiger partial charge in [0.25, 0.3) is 0 Å². The van der Waals surface area contributed by atoms with E-state index in [0.29, 0.717) is 21.7 Å². The van der Waals surface area contributed by atoms with Gasteiger partial charge in [-0.15, -0.1) is 0 Å². The Balaban J connectivity index is 2.53. The average Bonchev–Trinajstić information content (AvgIpc) is 2.45. The number of halogens is 1. The van der Waals surface area contributed by atoms with Crippen LogP contribution in [0, 0.1) is 0 Å². The summed E-state index contributed by atoms with van der Waals surface area (Å²) in [5.41, 5.74) is 2.29. The summed E-state index contributed by atoms with van der Waals surface area (Å²) in [7, 11) is 0. The lowest BCUT2D eigenvalue weighted by atomic mass is 9.84. The van der Waals surface area contributed by atoms with Crippen molar-refractivity contribution in [2.45, 2.75) is 26.2 Å². The van der Waals surface area contributed by atoms with Crippen LogP contribution in [0.4, 0.5) is 0 Å². The van der Waals surface area contributed by atoms with Crippen LogP contribution >= 0.6 is 11.6 Å². The van der Waals surface area contributed by atoms with Gasteiger partial charge in [0.1, 0.15) is 0 Å². The van der Waals surface area contributed by atoms with Crippen LogP contribution in [0.2, 0.25) is 5.02 Å². The summed E-state index contributed by atoms with van der Waals surface area (Å²) < 4.78 is 0. The first-order valence-electron chi connectivity index (χ1n) is 6.73. The van der Waals surface area contributed by atoms with Crippen molar-refractivity contribution in [2.75, 3.05) is 0 Å². The quantitative estimate of drug-likeness (QED) is 0.609. The normalized spacial score (nSPS) is 11.2. The van der Waals surface area contributed by atoms with Gasteiger partial charge in [-0.05, 0) is 41.3 Å². The van der Waals surface area contributed by atoms with E-state index in [1.165, 1.54) is 0 Å². The second-order valence-electron chi connectivity index (χ2n) is 6.01. The van der Waals surface area contributed by atoms with Gasteiger partial charge in [0.2, 0.25) is 0 Å². The van der Waals surface area contributed by atoms with Crippen molar-refractivity contribution in [1.29, 1.82) is 0 Å². The molecule has 0 aliphatic carbocycles. The minimum absolute atomic E-state index is 0.0869. The highest BCUT2D eigenvalue weighted by atomic mass is 35.5. The summed E-state index contributed by atoms with van der Waals surface area (Å²) in [6.45, 7) is 6.21. The van der Waals surface area contributed by atoms with E-state index in [1.54, 1.807) is 36.4 Å². The van der Waals surface area contributed by atoms with Crippen LogP contribution in [-0.2, 0) is 5.41 Å². The van der Waals surface area contributed by atoms with Crippen molar-refractivity contribution in [2.24, 2.45) is 0 Å². The van der Waals surface area contributed by atoms with Crippen LogP contribution in [0.1, 0.15) is 52.6 Å². The maximum Gasteiger partial charge on any atom is 0.193 e. The average molecular weight is 301 g/mol. The number of hydrogen-bond acceptors (Lipinski definition) is 2. The van der Waals surface area contributed by atoms with Crippen LogP contribution in [-0.4, -0.2) is 12.1 Å². The third-order valence-corrected chi connectivity index (χ3v) is 3.65. The zero-order chi connectivity index (χ0) is 15.6. The molecule has 108 valence electrons. The molecular formula is C18H17ClO2. The van der Waals surface area contributed by atoms with Gasteiger partial charge >= 0.3 is 0 Å². The van der Waals surface area contributed by atoms with Crippen molar-refractivity contribution < 1.29 is 9.59 Å². The summed E-state index contributed by atoms with van der Waals surface area (Å²) in [5.74, 6) is -0.167. The van der Waals surface area contributed by atoms with E-state index in [-0.39, 0.29) is 11.2 Å². The molecule has 0 amide bonds. The maximum atomic E-state index is 12.6. The molecule has 0 saturated carbocycles. The van der Waals surface area contributed by atoms with Crippen LogP contribution in [0.5, 0.6) is 0 Å². The van der Waals surface area contributed by atoms with Gasteiger partial charge in [-0.2, -0.15) is 0 Å². The molecule has 0 aromatic heterocycles. The fourth-order valence-electron chi connectivity index (χ4n) is 2.08. The molecule has 0 aliphatic rings. The van der Waals surface area contributed by atoms with E-state index in [4.69, 9.17) is 11.6 Å². The van der Waals surface area contributed by atoms with Crippen LogP contribution in [0.3, 0.4) is 0 Å². The molecule has 0 bridgehead atoms. The van der Waals surface area contributed by atoms with Gasteiger partial charge < -0.3 is 0 Å². The lowest BCUT2D eigenvalue weighted by Gasteiger charge is -2.20. The van der Waals surface area contributed by atoms with Gasteiger partial charge in [-0.1, -0.05) is 44.5 Å². The molecule has 0 unspecified atom stereocenters. The molecule has 0 heterocycles. The van der Waals surface area contributed by atoms with Gasteiger partial charge in [0.15, 0.2) is 12.1 Å². The molecule has 0 atom stereocenters. The van der Waals surface area contributed by atoms with E-state index >= 15 is 0 Å². The number of hydrogen-bond donors (Lipinski definition) is 0. The highest BCUT2D eigenvalue weighted by molar-refractivity contribution is 6.30. The Kier molecular flexibility index (Phi) is 4.29. The fraction of sp³-hybridized carbons (Fsp3) is 0.222. The number of carbonyl (C=O) groups is 2. The zero-order valence-electron chi connectivity index (χ0n) is 12.3. The van der Waals surface area contributed by atoms with Crippen molar-refractivity contribution in [1.82, 2.24) is 0 Å². The number of carbonyl (C=O) groups excluding carboxylic acids is 2. The predicted molar refractivity (Wildman–Crippen MR) is 85.4 cm³/mol. The first-order valence-corrected chi connectivity index (χ1v) is 7.10. The smallest absolute Gasteiger partial charge is 0.193 e. The fourth-order valence-corrected chi connectivity index (χ4v) is 2.20. The van der Waals surface area contributed by atoms with Crippen LogP contribution in [0.25, 0.3) is 0 Å². The molecule has 2 aromatic rings. The molecule has 0 saturated heterocycles. The van der Waals surface area contributed by atoms with Crippen LogP contribution in [0.15, 0.2) is 42.5 Å². The van der Waals surface area contributed by atoms with Crippen molar-refractivity contribution in [3.63, 3.8) is 0 Å². The molecule has 0 radical (unpaired) electrons. The summed E-state index contributed by atoms with van der Waals surface area (Å²) in [4.78, 5) is 23.8. The molecule has 0 fully saturated rings. The third-order valence-electron chi connectivity index (χ3n) is 3.40. The maximum absolute atomic E-state index is 12.6. The first kappa shape index (κ1) is 15.5. The molecule has 21 heavy (non-hydrogen) atoms. The molecule has 0 spiro atoms. The molecular weight excluding hydrogens is 284 g/mol. The third kappa shape index (κ3) is 3.40. The number of ketones is 1. The first-order chi connectivity index (χ1) is 9.82. The SMILES string of the molecule is CC(C)(C)c1ccc(C=O)c(C(=O)c2ccc(Cl)cc2)c1. The second-order valence-corrected chi connectivity index (χ2v) is 6.44. The van der Waals surface area contributed by atoms with Gasteiger partial charge in [-0.3, -0.25) is 9.59 Å². The molecule has 2 aromatic carbocycles. The van der Waals surface area contributed by atoms with Crippen molar-refractivity contribution in [3.8, 4) is 0 Å². The number of benzene rings is 2. The zero-order valence-corrected chi connectivity index (χ0v) is 13.1. The van der Waals surface area contributed by atoms with E-state index in [2.05, 4.69) is 20.8 Å². The Hall–Kier alpha value is -1.93. The standard InChI is InChI=1S/C18H17ClO2/c1-18(2,3)14-7-4-13(11-20)16(10-14)17(21)12-5-8-15(19)9-6-12/h4-11H,1-3H3. The monoisotopic (exact) mass is 300 g/mol. The molecule has 0 N–H and O–H groups in total. The topological polar surface area (TPSA) is 34.1 Å². The summed E-state index contributed by atoms with van der Waals surface area (Å²) >= 11 is 5.84. The molecule has 3 heteroatoms. The second kappa shape index (κ2) is 5.82. The summed E-state index contributed by atoms with van der Waals surface area (Å²) in [5, 5.41) is 0.575. The number of aldehydes is 1. The molecule has 0 aliphatic heterocycles. The Bertz CT molecular complexity index is 679. The van der Waals surface area contributed by atoms with Crippen LogP contribution < -0.4 is 0 Å². The lowest BCUT2D eigenvalue weighted by molar-refractivity contribution is 0.102. The van der Waals surface area contributed by atoms with E-state index in [1.807, 2.05) is 6.07 Å². The minimum Gasteiger partial charge on any atom is -0.298 e. The van der Waals surface area contributed by atoms with Gasteiger partial charge in [0.05, 0.1) is 0 Å². The molecule has 2 nitrogen and oxygen atoms in total. The number of rotatable bonds is 3. The van der Waals surface area contributed by atoms with Crippen molar-refractivity contribution >= 4 is 23.7 Å². The van der Waals surface area contributed by atoms with Gasteiger partial charge in [0, 0.05) is 21.7 Å². The minimum atomic E-state index is -0.167. The van der Waals surface area contributed by atoms with Gasteiger partial charge in [-0.25, -0.2) is 0 Å². The summed E-state index contributed by atoms with van der Waals surface area (Å²) in [6.07, 6.45) is 0.718. The molecule has 2 rings (SSSR count). The van der Waals surface area contributed by atoms with Crippen molar-refractivity contribution in [3.05, 3.63) is 69.7 Å². The van der Waals surface area contributed by atoms with E-state index in [0.717, 1.165) is 11.8 Å². The predicted octanol–water partition coefficient (Wildman–Crippen LogP) is 4.68.